The summed E-state index contributed by atoms with van der Waals surface area (Å²) in [5.41, 5.74) is 1.30. The number of β-amino-alcohol motifs (C(OH)–C–C–N with tert-alkyl or cyclic N) is 1. The Hall–Kier alpha value is -1.35. The molecule has 1 saturated heterocycles. The summed E-state index contributed by atoms with van der Waals surface area (Å²) in [5.74, 6) is 0.0172. The van der Waals surface area contributed by atoms with E-state index in [4.69, 9.17) is 0 Å². The zero-order valence-electron chi connectivity index (χ0n) is 11.1. The molecule has 1 aliphatic rings. The molecule has 0 unspecified atom stereocenters. The van der Waals surface area contributed by atoms with E-state index in [1.807, 2.05) is 24.3 Å². The lowest BCUT2D eigenvalue weighted by molar-refractivity contribution is -0.0668. The van der Waals surface area contributed by atoms with E-state index in [0.29, 0.717) is 18.7 Å². The molecule has 0 radical (unpaired) electrons. The van der Waals surface area contributed by atoms with E-state index in [-0.39, 0.29) is 5.91 Å². The Labute approximate surface area is 108 Å². The molecule has 0 aromatic heterocycles. The Balaban J connectivity index is 1.95. The molecule has 1 aromatic carbocycles. The Kier molecular flexibility index (Phi) is 3.71. The molecule has 0 spiro atoms. The number of rotatable bonds is 4. The number of hydrogen-bond acceptors (Lipinski definition) is 2. The maximum Gasteiger partial charge on any atom is 0.254 e. The molecular formula is C15H21NO2. The quantitative estimate of drug-likeness (QED) is 0.886. The second-order valence-corrected chi connectivity index (χ2v) is 5.46. The van der Waals surface area contributed by atoms with Crippen LogP contribution in [-0.2, 0) is 6.42 Å². The van der Waals surface area contributed by atoms with E-state index >= 15 is 0 Å². The molecule has 18 heavy (non-hydrogen) atoms. The summed E-state index contributed by atoms with van der Waals surface area (Å²) >= 11 is 0. The molecule has 2 rings (SSSR count). The number of carbonyl (C=O) groups is 1. The molecule has 1 aromatic rings. The summed E-state index contributed by atoms with van der Waals surface area (Å²) in [7, 11) is 0. The first kappa shape index (κ1) is 13.1. The van der Waals surface area contributed by atoms with E-state index in [1.165, 1.54) is 18.4 Å². The van der Waals surface area contributed by atoms with Gasteiger partial charge in [-0.15, -0.1) is 0 Å². The summed E-state index contributed by atoms with van der Waals surface area (Å²) in [6.07, 6.45) is 3.44. The van der Waals surface area contributed by atoms with E-state index in [0.717, 1.165) is 6.42 Å². The smallest absolute Gasteiger partial charge is 0.254 e. The third-order valence-electron chi connectivity index (χ3n) is 3.37. The third kappa shape index (κ3) is 2.91. The third-order valence-corrected chi connectivity index (χ3v) is 3.37. The number of likely N-dealkylation sites (tertiary alicyclic amines) is 1. The Bertz CT molecular complexity index is 415. The molecule has 0 bridgehead atoms. The average Bonchev–Trinajstić information content (AvgIpc) is 2.33. The van der Waals surface area contributed by atoms with E-state index in [1.54, 1.807) is 11.8 Å². The molecule has 1 amide bonds. The monoisotopic (exact) mass is 247 g/mol. The summed E-state index contributed by atoms with van der Waals surface area (Å²) in [6, 6.07) is 7.84. The van der Waals surface area contributed by atoms with Crippen LogP contribution in [0.5, 0.6) is 0 Å². The van der Waals surface area contributed by atoms with E-state index in [2.05, 4.69) is 6.92 Å². The molecule has 0 aliphatic carbocycles. The van der Waals surface area contributed by atoms with Crippen molar-refractivity contribution in [2.24, 2.45) is 0 Å². The normalized spacial score (nSPS) is 17.4. The molecule has 3 heteroatoms. The first-order valence-electron chi connectivity index (χ1n) is 6.62. The summed E-state index contributed by atoms with van der Waals surface area (Å²) in [5, 5.41) is 9.63. The molecule has 0 atom stereocenters. The largest absolute Gasteiger partial charge is 0.386 e. The fraction of sp³-hybridized carbons (Fsp3) is 0.533. The molecule has 1 heterocycles. The summed E-state index contributed by atoms with van der Waals surface area (Å²) < 4.78 is 0. The van der Waals surface area contributed by atoms with Crippen molar-refractivity contribution in [1.82, 2.24) is 4.90 Å². The van der Waals surface area contributed by atoms with Crippen LogP contribution in [0.15, 0.2) is 24.3 Å². The number of unbranched alkanes of at least 4 members (excludes halogenated alkanes) is 1. The van der Waals surface area contributed by atoms with Gasteiger partial charge in [0.2, 0.25) is 0 Å². The number of hydrogen-bond donors (Lipinski definition) is 1. The highest BCUT2D eigenvalue weighted by atomic mass is 16.3. The van der Waals surface area contributed by atoms with Crippen LogP contribution in [0.1, 0.15) is 42.6 Å². The van der Waals surface area contributed by atoms with Crippen molar-refractivity contribution < 1.29 is 9.90 Å². The van der Waals surface area contributed by atoms with Crippen LogP contribution < -0.4 is 0 Å². The topological polar surface area (TPSA) is 40.5 Å². The Morgan fingerprint density at radius 2 is 1.94 bits per heavy atom. The predicted octanol–water partition coefficient (Wildman–Crippen LogP) is 2.24. The van der Waals surface area contributed by atoms with Gasteiger partial charge >= 0.3 is 0 Å². The SMILES string of the molecule is CCCCc1ccc(C(=O)N2CC(C)(O)C2)cc1. The van der Waals surface area contributed by atoms with Crippen molar-refractivity contribution in [3.63, 3.8) is 0 Å². The van der Waals surface area contributed by atoms with Crippen LogP contribution in [0.4, 0.5) is 0 Å². The maximum atomic E-state index is 12.1. The number of benzene rings is 1. The van der Waals surface area contributed by atoms with Gasteiger partial charge in [-0.1, -0.05) is 25.5 Å². The zero-order valence-corrected chi connectivity index (χ0v) is 11.1. The first-order valence-corrected chi connectivity index (χ1v) is 6.62. The summed E-state index contributed by atoms with van der Waals surface area (Å²) in [6.45, 7) is 4.80. The highest BCUT2D eigenvalue weighted by Crippen LogP contribution is 2.22. The van der Waals surface area contributed by atoms with Gasteiger partial charge in [0.25, 0.3) is 5.91 Å². The first-order chi connectivity index (χ1) is 8.52. The van der Waals surface area contributed by atoms with Crippen LogP contribution >= 0.6 is 0 Å². The van der Waals surface area contributed by atoms with Gasteiger partial charge in [-0.3, -0.25) is 4.79 Å². The zero-order chi connectivity index (χ0) is 13.2. The van der Waals surface area contributed by atoms with Crippen molar-refractivity contribution in [2.75, 3.05) is 13.1 Å². The second-order valence-electron chi connectivity index (χ2n) is 5.46. The molecule has 1 aliphatic heterocycles. The van der Waals surface area contributed by atoms with E-state index in [9.17, 15) is 9.90 Å². The van der Waals surface area contributed by atoms with Crippen LogP contribution in [0, 0.1) is 0 Å². The van der Waals surface area contributed by atoms with Gasteiger partial charge < -0.3 is 10.0 Å². The fourth-order valence-electron chi connectivity index (χ4n) is 2.30. The van der Waals surface area contributed by atoms with Gasteiger partial charge in [0.1, 0.15) is 0 Å². The number of aliphatic hydroxyl groups is 1. The van der Waals surface area contributed by atoms with Crippen LogP contribution in [0.2, 0.25) is 0 Å². The number of carbonyl (C=O) groups excluding carboxylic acids is 1. The van der Waals surface area contributed by atoms with Crippen LogP contribution in [-0.4, -0.2) is 34.6 Å². The van der Waals surface area contributed by atoms with Crippen molar-refractivity contribution in [3.8, 4) is 0 Å². The molecule has 0 saturated carbocycles. The highest BCUT2D eigenvalue weighted by Gasteiger charge is 2.39. The molecule has 98 valence electrons. The lowest BCUT2D eigenvalue weighted by atomic mass is 9.95. The number of aryl methyl sites for hydroxylation is 1. The van der Waals surface area contributed by atoms with Gasteiger partial charge in [-0.2, -0.15) is 0 Å². The lowest BCUT2D eigenvalue weighted by Crippen LogP contribution is -2.61. The standard InChI is InChI=1S/C15H21NO2/c1-3-4-5-12-6-8-13(9-7-12)14(17)16-10-15(2,18)11-16/h6-9,18H,3-5,10-11H2,1-2H3. The Morgan fingerprint density at radius 3 is 2.44 bits per heavy atom. The lowest BCUT2D eigenvalue weighted by Gasteiger charge is -2.44. The van der Waals surface area contributed by atoms with Gasteiger partial charge in [-0.25, -0.2) is 0 Å². The van der Waals surface area contributed by atoms with Gasteiger partial charge in [0, 0.05) is 5.56 Å². The minimum Gasteiger partial charge on any atom is -0.386 e. The van der Waals surface area contributed by atoms with Crippen molar-refractivity contribution in [3.05, 3.63) is 35.4 Å². The van der Waals surface area contributed by atoms with Gasteiger partial charge in [-0.05, 0) is 37.5 Å². The Morgan fingerprint density at radius 1 is 1.33 bits per heavy atom. The highest BCUT2D eigenvalue weighted by molar-refractivity contribution is 5.94. The van der Waals surface area contributed by atoms with Crippen LogP contribution in [0.25, 0.3) is 0 Å². The van der Waals surface area contributed by atoms with Crippen LogP contribution in [0.3, 0.4) is 0 Å². The van der Waals surface area contributed by atoms with Crippen molar-refractivity contribution in [1.29, 1.82) is 0 Å². The fourth-order valence-corrected chi connectivity index (χ4v) is 2.30. The predicted molar refractivity (Wildman–Crippen MR) is 71.6 cm³/mol. The van der Waals surface area contributed by atoms with E-state index < -0.39 is 5.60 Å². The number of nitrogens with zero attached hydrogens (tertiary/aromatic N) is 1. The molecule has 1 N–H and O–H groups in total. The van der Waals surface area contributed by atoms with Crippen molar-refractivity contribution >= 4 is 5.91 Å². The minimum absolute atomic E-state index is 0.0172. The summed E-state index contributed by atoms with van der Waals surface area (Å²) in [4.78, 5) is 13.7. The second kappa shape index (κ2) is 5.11. The molecule has 3 nitrogen and oxygen atoms in total. The van der Waals surface area contributed by atoms with Crippen molar-refractivity contribution in [2.45, 2.75) is 38.7 Å². The molecular weight excluding hydrogens is 226 g/mol. The molecule has 1 fully saturated rings. The van der Waals surface area contributed by atoms with Gasteiger partial charge in [0.05, 0.1) is 18.7 Å². The maximum absolute atomic E-state index is 12.1. The average molecular weight is 247 g/mol. The number of amides is 1. The minimum atomic E-state index is -0.698. The van der Waals surface area contributed by atoms with Gasteiger partial charge in [0.15, 0.2) is 0 Å².